The van der Waals surface area contributed by atoms with Crippen LogP contribution in [-0.4, -0.2) is 33.7 Å². The number of carbonyl (C=O) groups is 2. The average molecular weight is 336 g/mol. The molecule has 0 aliphatic carbocycles. The number of rotatable bonds is 3. The van der Waals surface area contributed by atoms with Crippen LogP contribution in [0.4, 0.5) is 0 Å². The smallest absolute Gasteiger partial charge is 0.251 e. The van der Waals surface area contributed by atoms with Crippen molar-refractivity contribution in [3.63, 3.8) is 0 Å². The van der Waals surface area contributed by atoms with Crippen LogP contribution in [0.25, 0.3) is 22.4 Å². The number of aromatic nitrogens is 3. The molecule has 0 radical (unpaired) electrons. The quantitative estimate of drug-likeness (QED) is 0.719. The standard InChI is InChI=1S/C19H20N4O2/c1-19(2,3)16(24)13-9-21-17-15(13)23-14(10-22-17)11-6-5-7-12(8-11)18(25)20-4/h5-10H,1-4H3,(H,20,25)(H,21,22). The number of benzene rings is 1. The lowest BCUT2D eigenvalue weighted by molar-refractivity contribution is 0.0859. The van der Waals surface area contributed by atoms with Gasteiger partial charge in [-0.1, -0.05) is 32.9 Å². The molecule has 2 heterocycles. The highest BCUT2D eigenvalue weighted by Crippen LogP contribution is 2.27. The largest absolute Gasteiger partial charge is 0.355 e. The number of Topliss-reactive ketones (excluding diaryl/α,β-unsaturated/α-hetero) is 1. The lowest BCUT2D eigenvalue weighted by Crippen LogP contribution is -2.20. The van der Waals surface area contributed by atoms with Gasteiger partial charge in [-0.25, -0.2) is 9.97 Å². The summed E-state index contributed by atoms with van der Waals surface area (Å²) in [5.41, 5.74) is 3.06. The van der Waals surface area contributed by atoms with Crippen molar-refractivity contribution in [1.82, 2.24) is 20.3 Å². The van der Waals surface area contributed by atoms with Crippen LogP contribution in [0, 0.1) is 5.41 Å². The van der Waals surface area contributed by atoms with Crippen LogP contribution >= 0.6 is 0 Å². The zero-order valence-electron chi connectivity index (χ0n) is 14.7. The van der Waals surface area contributed by atoms with Crippen LogP contribution in [0.1, 0.15) is 41.5 Å². The van der Waals surface area contributed by atoms with Gasteiger partial charge in [0.1, 0.15) is 5.52 Å². The molecule has 2 aromatic heterocycles. The van der Waals surface area contributed by atoms with E-state index >= 15 is 0 Å². The second kappa shape index (κ2) is 6.12. The van der Waals surface area contributed by atoms with Crippen LogP contribution in [-0.2, 0) is 0 Å². The molecule has 3 aromatic rings. The summed E-state index contributed by atoms with van der Waals surface area (Å²) in [6.07, 6.45) is 3.29. The van der Waals surface area contributed by atoms with E-state index in [-0.39, 0.29) is 11.7 Å². The van der Waals surface area contributed by atoms with Gasteiger partial charge in [-0.05, 0) is 12.1 Å². The maximum atomic E-state index is 12.6. The van der Waals surface area contributed by atoms with Crippen molar-refractivity contribution >= 4 is 22.9 Å². The van der Waals surface area contributed by atoms with E-state index in [4.69, 9.17) is 0 Å². The Labute approximate surface area is 145 Å². The predicted molar refractivity (Wildman–Crippen MR) is 96.5 cm³/mol. The molecule has 0 atom stereocenters. The normalized spacial score (nSPS) is 11.5. The zero-order valence-corrected chi connectivity index (χ0v) is 14.7. The molecule has 3 rings (SSSR count). The number of amides is 1. The van der Waals surface area contributed by atoms with Crippen molar-refractivity contribution in [3.8, 4) is 11.3 Å². The van der Waals surface area contributed by atoms with E-state index < -0.39 is 5.41 Å². The summed E-state index contributed by atoms with van der Waals surface area (Å²) in [6, 6.07) is 7.15. The van der Waals surface area contributed by atoms with Gasteiger partial charge >= 0.3 is 0 Å². The minimum atomic E-state index is -0.508. The first kappa shape index (κ1) is 16.8. The van der Waals surface area contributed by atoms with Gasteiger partial charge in [-0.2, -0.15) is 0 Å². The van der Waals surface area contributed by atoms with Crippen LogP contribution in [0.3, 0.4) is 0 Å². The Morgan fingerprint density at radius 1 is 1.20 bits per heavy atom. The monoisotopic (exact) mass is 336 g/mol. The molecule has 25 heavy (non-hydrogen) atoms. The molecule has 6 nitrogen and oxygen atoms in total. The van der Waals surface area contributed by atoms with E-state index in [1.54, 1.807) is 37.6 Å². The first-order valence-electron chi connectivity index (χ1n) is 8.02. The van der Waals surface area contributed by atoms with Gasteiger partial charge in [0.2, 0.25) is 0 Å². The van der Waals surface area contributed by atoms with Gasteiger partial charge in [0.05, 0.1) is 17.5 Å². The first-order chi connectivity index (χ1) is 11.8. The van der Waals surface area contributed by atoms with Crippen LogP contribution < -0.4 is 5.32 Å². The Morgan fingerprint density at radius 2 is 1.96 bits per heavy atom. The van der Waals surface area contributed by atoms with Gasteiger partial charge in [-0.3, -0.25) is 9.59 Å². The maximum Gasteiger partial charge on any atom is 0.251 e. The molecule has 128 valence electrons. The van der Waals surface area contributed by atoms with Gasteiger partial charge < -0.3 is 10.3 Å². The van der Waals surface area contributed by atoms with Gasteiger partial charge in [0, 0.05) is 29.8 Å². The number of hydrogen-bond acceptors (Lipinski definition) is 4. The van der Waals surface area contributed by atoms with Crippen LogP contribution in [0.15, 0.2) is 36.7 Å². The molecule has 1 amide bonds. The highest BCUT2D eigenvalue weighted by Gasteiger charge is 2.26. The first-order valence-corrected chi connectivity index (χ1v) is 8.02. The zero-order chi connectivity index (χ0) is 18.2. The predicted octanol–water partition coefficient (Wildman–Crippen LogP) is 3.21. The number of fused-ring (bicyclic) bond motifs is 1. The Balaban J connectivity index is 2.10. The Hall–Kier alpha value is -3.02. The maximum absolute atomic E-state index is 12.6. The number of ketones is 1. The van der Waals surface area contributed by atoms with Crippen LogP contribution in [0.2, 0.25) is 0 Å². The summed E-state index contributed by atoms with van der Waals surface area (Å²) in [4.78, 5) is 36.4. The topological polar surface area (TPSA) is 87.7 Å². The molecule has 0 spiro atoms. The van der Waals surface area contributed by atoms with Crippen molar-refractivity contribution in [2.75, 3.05) is 7.05 Å². The fraction of sp³-hybridized carbons (Fsp3) is 0.263. The Morgan fingerprint density at radius 3 is 2.64 bits per heavy atom. The minimum absolute atomic E-state index is 0.00399. The van der Waals surface area contributed by atoms with E-state index in [2.05, 4.69) is 20.3 Å². The summed E-state index contributed by atoms with van der Waals surface area (Å²) >= 11 is 0. The number of nitrogens with zero attached hydrogens (tertiary/aromatic N) is 2. The molecule has 0 bridgehead atoms. The van der Waals surface area contributed by atoms with Gasteiger partial charge in [-0.15, -0.1) is 0 Å². The number of aromatic amines is 1. The summed E-state index contributed by atoms with van der Waals surface area (Å²) in [5.74, 6) is -0.162. The average Bonchev–Trinajstić information content (AvgIpc) is 3.02. The Kier molecular flexibility index (Phi) is 4.12. The molecular weight excluding hydrogens is 316 g/mol. The molecule has 6 heteroatoms. The third-order valence-electron chi connectivity index (χ3n) is 3.95. The number of carbonyl (C=O) groups excluding carboxylic acids is 2. The van der Waals surface area contributed by atoms with Crippen molar-refractivity contribution < 1.29 is 9.59 Å². The van der Waals surface area contributed by atoms with E-state index in [0.717, 1.165) is 5.56 Å². The fourth-order valence-electron chi connectivity index (χ4n) is 2.57. The van der Waals surface area contributed by atoms with E-state index in [1.165, 1.54) is 0 Å². The second-order valence-corrected chi connectivity index (χ2v) is 6.89. The lowest BCUT2D eigenvalue weighted by atomic mass is 9.87. The minimum Gasteiger partial charge on any atom is -0.355 e. The molecule has 0 saturated heterocycles. The van der Waals surface area contributed by atoms with Crippen molar-refractivity contribution in [2.45, 2.75) is 20.8 Å². The molecule has 1 aromatic carbocycles. The Bertz CT molecular complexity index is 967. The SMILES string of the molecule is CNC(=O)c1cccc(-c2cnc3[nH]cc(C(=O)C(C)(C)C)c3n2)c1. The lowest BCUT2D eigenvalue weighted by Gasteiger charge is -2.15. The number of nitrogens with one attached hydrogen (secondary N) is 2. The van der Waals surface area contributed by atoms with Gasteiger partial charge in [0.15, 0.2) is 11.4 Å². The third-order valence-corrected chi connectivity index (χ3v) is 3.95. The van der Waals surface area contributed by atoms with E-state index in [9.17, 15) is 9.59 Å². The fourth-order valence-corrected chi connectivity index (χ4v) is 2.57. The molecule has 2 N–H and O–H groups in total. The third kappa shape index (κ3) is 3.15. The highest BCUT2D eigenvalue weighted by atomic mass is 16.1. The molecule has 0 aliphatic heterocycles. The number of H-pyrrole nitrogens is 1. The molecule has 0 unspecified atom stereocenters. The summed E-state index contributed by atoms with van der Waals surface area (Å²) in [7, 11) is 1.59. The molecule has 0 saturated carbocycles. The highest BCUT2D eigenvalue weighted by molar-refractivity contribution is 6.08. The summed E-state index contributed by atoms with van der Waals surface area (Å²) in [5, 5.41) is 2.60. The van der Waals surface area contributed by atoms with Gasteiger partial charge in [0.25, 0.3) is 5.91 Å². The van der Waals surface area contributed by atoms with E-state index in [0.29, 0.717) is 28.0 Å². The van der Waals surface area contributed by atoms with Crippen LogP contribution in [0.5, 0.6) is 0 Å². The van der Waals surface area contributed by atoms with Crippen molar-refractivity contribution in [3.05, 3.63) is 47.8 Å². The van der Waals surface area contributed by atoms with E-state index in [1.807, 2.05) is 26.8 Å². The molecular formula is C19H20N4O2. The molecule has 0 aliphatic rings. The second-order valence-electron chi connectivity index (χ2n) is 6.89. The summed E-state index contributed by atoms with van der Waals surface area (Å²) < 4.78 is 0. The summed E-state index contributed by atoms with van der Waals surface area (Å²) in [6.45, 7) is 5.62. The van der Waals surface area contributed by atoms with Crippen molar-refractivity contribution in [2.24, 2.45) is 5.41 Å². The molecule has 0 fully saturated rings. The van der Waals surface area contributed by atoms with Crippen molar-refractivity contribution in [1.29, 1.82) is 0 Å². The number of hydrogen-bond donors (Lipinski definition) is 2.